The highest BCUT2D eigenvalue weighted by atomic mass is 79.9. The molecule has 1 N–H and O–H groups in total. The van der Waals surface area contributed by atoms with Crippen LogP contribution < -0.4 is 5.43 Å². The van der Waals surface area contributed by atoms with Gasteiger partial charge in [-0.05, 0) is 53.6 Å². The Morgan fingerprint density at radius 3 is 1.94 bits per heavy atom. The number of hydrogen-bond donors (Lipinski definition) is 1. The average Bonchev–Trinajstić information content (AvgIpc) is 3.30. The lowest BCUT2D eigenvalue weighted by Gasteiger charge is -2.15. The molecule has 1 amide bonds. The van der Waals surface area contributed by atoms with E-state index >= 15 is 0 Å². The van der Waals surface area contributed by atoms with Crippen molar-refractivity contribution in [2.24, 2.45) is 5.10 Å². The van der Waals surface area contributed by atoms with Crippen LogP contribution in [0.4, 0.5) is 0 Å². The summed E-state index contributed by atoms with van der Waals surface area (Å²) in [6.07, 6.45) is 1.71. The van der Waals surface area contributed by atoms with E-state index in [9.17, 15) is 4.79 Å². The number of carbonyl (C=O) groups is 1. The van der Waals surface area contributed by atoms with Gasteiger partial charge in [-0.15, -0.1) is 0 Å². The monoisotopic (exact) mass is 519 g/mol. The number of nitrogens with one attached hydrogen (secondary N) is 1. The molecule has 0 saturated carbocycles. The number of benzene rings is 4. The third-order valence-corrected chi connectivity index (χ3v) is 6.17. The van der Waals surface area contributed by atoms with E-state index in [0.29, 0.717) is 5.56 Å². The van der Waals surface area contributed by atoms with Gasteiger partial charge in [-0.3, -0.25) is 4.79 Å². The molecular weight excluding hydrogens is 498 g/mol. The minimum absolute atomic E-state index is 0.251. The van der Waals surface area contributed by atoms with Crippen LogP contribution in [0.2, 0.25) is 0 Å². The van der Waals surface area contributed by atoms with Crippen molar-refractivity contribution in [3.05, 3.63) is 137 Å². The summed E-state index contributed by atoms with van der Waals surface area (Å²) < 4.78 is 3.25. The van der Waals surface area contributed by atoms with E-state index in [-0.39, 0.29) is 5.91 Å². The second kappa shape index (κ2) is 10.4. The summed E-state index contributed by atoms with van der Waals surface area (Å²) >= 11 is 3.55. The van der Waals surface area contributed by atoms with Crippen LogP contribution in [0.1, 0.15) is 15.9 Å². The molecule has 1 heterocycles. The maximum absolute atomic E-state index is 12.5. The van der Waals surface area contributed by atoms with Gasteiger partial charge in [-0.1, -0.05) is 94.8 Å². The molecule has 0 unspecified atom stereocenters. The molecule has 0 aliphatic rings. The van der Waals surface area contributed by atoms with E-state index in [1.807, 2.05) is 66.7 Å². The molecule has 4 nitrogen and oxygen atoms in total. The van der Waals surface area contributed by atoms with Crippen molar-refractivity contribution < 1.29 is 4.79 Å². The number of rotatable bonds is 6. The Morgan fingerprint density at radius 2 is 1.31 bits per heavy atom. The first-order valence-electron chi connectivity index (χ1n) is 11.2. The van der Waals surface area contributed by atoms with E-state index in [0.717, 1.165) is 38.2 Å². The zero-order chi connectivity index (χ0) is 24.0. The smallest absolute Gasteiger partial charge is 0.271 e. The highest BCUT2D eigenvalue weighted by Crippen LogP contribution is 2.35. The Kier molecular flexibility index (Phi) is 6.68. The zero-order valence-electron chi connectivity index (χ0n) is 18.8. The molecule has 0 spiro atoms. The van der Waals surface area contributed by atoms with Gasteiger partial charge in [0, 0.05) is 21.3 Å². The number of halogens is 1. The molecule has 0 fully saturated rings. The number of nitrogens with zero attached hydrogens (tertiary/aromatic N) is 2. The molecule has 0 bridgehead atoms. The van der Waals surface area contributed by atoms with E-state index in [2.05, 4.69) is 73.5 Å². The lowest BCUT2D eigenvalue weighted by atomic mass is 10.1. The van der Waals surface area contributed by atoms with Crippen molar-refractivity contribution in [3.8, 4) is 28.2 Å². The topological polar surface area (TPSA) is 46.4 Å². The van der Waals surface area contributed by atoms with Gasteiger partial charge in [-0.25, -0.2) is 5.43 Å². The normalized spacial score (nSPS) is 11.0. The summed E-state index contributed by atoms with van der Waals surface area (Å²) in [4.78, 5) is 12.5. The SMILES string of the molecule is O=C(N/N=C/c1cc(-c2ccccc2)n(-c2ccc(Br)cc2)c1-c1ccccc1)c1ccccc1. The van der Waals surface area contributed by atoms with Crippen molar-refractivity contribution in [1.29, 1.82) is 0 Å². The largest absolute Gasteiger partial charge is 0.309 e. The third-order valence-electron chi connectivity index (χ3n) is 5.64. The van der Waals surface area contributed by atoms with Gasteiger partial charge in [-0.2, -0.15) is 5.10 Å². The summed E-state index contributed by atoms with van der Waals surface area (Å²) in [6, 6.07) is 39.9. The van der Waals surface area contributed by atoms with Crippen LogP contribution >= 0.6 is 15.9 Å². The fraction of sp³-hybridized carbons (Fsp3) is 0. The molecule has 5 rings (SSSR count). The van der Waals surface area contributed by atoms with Crippen LogP contribution in [-0.4, -0.2) is 16.7 Å². The highest BCUT2D eigenvalue weighted by Gasteiger charge is 2.18. The van der Waals surface area contributed by atoms with Crippen LogP contribution in [0.15, 0.2) is 131 Å². The highest BCUT2D eigenvalue weighted by molar-refractivity contribution is 9.10. The molecule has 35 heavy (non-hydrogen) atoms. The van der Waals surface area contributed by atoms with Gasteiger partial charge in [0.15, 0.2) is 0 Å². The summed E-state index contributed by atoms with van der Waals surface area (Å²) in [7, 11) is 0. The van der Waals surface area contributed by atoms with Gasteiger partial charge in [0.25, 0.3) is 5.91 Å². The molecule has 0 saturated heterocycles. The van der Waals surface area contributed by atoms with Crippen LogP contribution in [0, 0.1) is 0 Å². The molecule has 0 aliphatic carbocycles. The minimum atomic E-state index is -0.251. The van der Waals surface area contributed by atoms with Crippen molar-refractivity contribution in [3.63, 3.8) is 0 Å². The Bertz CT molecular complexity index is 1460. The van der Waals surface area contributed by atoms with Crippen LogP contribution in [-0.2, 0) is 0 Å². The summed E-state index contributed by atoms with van der Waals surface area (Å²) in [5, 5.41) is 4.31. The van der Waals surface area contributed by atoms with Crippen molar-refractivity contribution in [1.82, 2.24) is 9.99 Å². The first-order chi connectivity index (χ1) is 17.2. The molecule has 0 radical (unpaired) electrons. The molecule has 1 aromatic heterocycles. The number of amides is 1. The molecule has 170 valence electrons. The van der Waals surface area contributed by atoms with Gasteiger partial charge in [0.1, 0.15) is 0 Å². The van der Waals surface area contributed by atoms with E-state index in [1.54, 1.807) is 18.3 Å². The first kappa shape index (κ1) is 22.6. The lowest BCUT2D eigenvalue weighted by molar-refractivity contribution is 0.0955. The van der Waals surface area contributed by atoms with Crippen LogP contribution in [0.5, 0.6) is 0 Å². The maximum Gasteiger partial charge on any atom is 0.271 e. The van der Waals surface area contributed by atoms with E-state index in [1.165, 1.54) is 0 Å². The quantitative estimate of drug-likeness (QED) is 0.185. The first-order valence-corrected chi connectivity index (χ1v) is 12.0. The van der Waals surface area contributed by atoms with Crippen molar-refractivity contribution in [2.45, 2.75) is 0 Å². The predicted molar refractivity (Wildman–Crippen MR) is 146 cm³/mol. The third kappa shape index (κ3) is 5.00. The Labute approximate surface area is 212 Å². The van der Waals surface area contributed by atoms with Crippen molar-refractivity contribution >= 4 is 28.1 Å². The van der Waals surface area contributed by atoms with Gasteiger partial charge in [0.05, 0.1) is 17.6 Å². The summed E-state index contributed by atoms with van der Waals surface area (Å²) in [5.74, 6) is -0.251. The van der Waals surface area contributed by atoms with Gasteiger partial charge in [0.2, 0.25) is 0 Å². The second-order valence-electron chi connectivity index (χ2n) is 7.94. The molecule has 5 aromatic rings. The van der Waals surface area contributed by atoms with E-state index in [4.69, 9.17) is 0 Å². The van der Waals surface area contributed by atoms with E-state index < -0.39 is 0 Å². The maximum atomic E-state index is 12.5. The number of aromatic nitrogens is 1. The fourth-order valence-corrected chi connectivity index (χ4v) is 4.28. The van der Waals surface area contributed by atoms with Crippen LogP contribution in [0.25, 0.3) is 28.2 Å². The Hall–Kier alpha value is -4.22. The lowest BCUT2D eigenvalue weighted by Crippen LogP contribution is -2.17. The summed E-state index contributed by atoms with van der Waals surface area (Å²) in [5.41, 5.74) is 9.29. The fourth-order valence-electron chi connectivity index (χ4n) is 4.01. The molecule has 0 atom stereocenters. The van der Waals surface area contributed by atoms with Crippen LogP contribution in [0.3, 0.4) is 0 Å². The van der Waals surface area contributed by atoms with Gasteiger partial charge >= 0.3 is 0 Å². The minimum Gasteiger partial charge on any atom is -0.309 e. The number of hydrogen-bond acceptors (Lipinski definition) is 2. The molecule has 5 heteroatoms. The Balaban J connectivity index is 1.65. The second-order valence-corrected chi connectivity index (χ2v) is 8.86. The molecular formula is C30H22BrN3O. The zero-order valence-corrected chi connectivity index (χ0v) is 20.4. The average molecular weight is 520 g/mol. The standard InChI is InChI=1S/C30H22BrN3O/c31-26-16-18-27(19-17-26)34-28(22-10-4-1-5-11-22)20-25(29(34)23-12-6-2-7-13-23)21-32-33-30(35)24-14-8-3-9-15-24/h1-21H,(H,33,35)/b32-21+. The number of hydrazone groups is 1. The number of carbonyl (C=O) groups excluding carboxylic acids is 1. The Morgan fingerprint density at radius 1 is 0.743 bits per heavy atom. The molecule has 4 aromatic carbocycles. The van der Waals surface area contributed by atoms with Crippen molar-refractivity contribution in [2.75, 3.05) is 0 Å². The van der Waals surface area contributed by atoms with Gasteiger partial charge < -0.3 is 4.57 Å². The molecule has 0 aliphatic heterocycles. The summed E-state index contributed by atoms with van der Waals surface area (Å²) in [6.45, 7) is 0. The predicted octanol–water partition coefficient (Wildman–Crippen LogP) is 7.34.